The number of rotatable bonds is 37. The molecule has 8 N–H and O–H groups in total. The Labute approximate surface area is 399 Å². The molecular formula is C46H86N8O13. The molecule has 0 aliphatic heterocycles. The second kappa shape index (κ2) is 39.5. The molecule has 0 bridgehead atoms. The number of hydrogen-bond donors (Lipinski definition) is 7. The van der Waals surface area contributed by atoms with Gasteiger partial charge >= 0.3 is 6.09 Å². The van der Waals surface area contributed by atoms with Crippen LogP contribution in [0.4, 0.5) is 4.79 Å². The molecule has 0 spiro atoms. The highest BCUT2D eigenvalue weighted by Crippen LogP contribution is 2.35. The third-order valence-corrected chi connectivity index (χ3v) is 9.33. The first kappa shape index (κ1) is 62.5. The maximum Gasteiger partial charge on any atom is 0.407 e. The van der Waals surface area contributed by atoms with Crippen LogP contribution in [-0.2, 0) is 49.4 Å². The van der Waals surface area contributed by atoms with Gasteiger partial charge in [0, 0.05) is 58.7 Å². The molecule has 0 aliphatic rings. The lowest BCUT2D eigenvalue weighted by atomic mass is 10.1. The van der Waals surface area contributed by atoms with E-state index < -0.39 is 17.7 Å². The topological polar surface area (TPSA) is 261 Å². The van der Waals surface area contributed by atoms with Crippen molar-refractivity contribution in [2.75, 3.05) is 127 Å². The zero-order valence-electron chi connectivity index (χ0n) is 42.2. The van der Waals surface area contributed by atoms with E-state index in [1.54, 1.807) is 37.8 Å². The van der Waals surface area contributed by atoms with E-state index in [9.17, 15) is 24.0 Å². The number of alkyl carbamates (subject to hydrolysis) is 1. The maximum absolute atomic E-state index is 13.9. The fraction of sp³-hybridized carbons (Fsp3) is 0.761. The van der Waals surface area contributed by atoms with Crippen molar-refractivity contribution in [2.24, 2.45) is 5.73 Å². The fourth-order valence-electron chi connectivity index (χ4n) is 6.15. The number of amides is 5. The predicted molar refractivity (Wildman–Crippen MR) is 256 cm³/mol. The molecule has 2 unspecified atom stereocenters. The van der Waals surface area contributed by atoms with E-state index in [0.29, 0.717) is 94.7 Å². The molecule has 0 saturated heterocycles. The summed E-state index contributed by atoms with van der Waals surface area (Å²) >= 11 is 0. The molecule has 0 radical (unpaired) electrons. The number of carbonyl (C=O) groups is 5. The van der Waals surface area contributed by atoms with E-state index in [-0.39, 0.29) is 75.7 Å². The predicted octanol–water partition coefficient (Wildman–Crippen LogP) is 1.87. The van der Waals surface area contributed by atoms with Crippen molar-refractivity contribution in [3.05, 3.63) is 17.7 Å². The first-order chi connectivity index (χ1) is 32.1. The summed E-state index contributed by atoms with van der Waals surface area (Å²) in [4.78, 5) is 62.4. The molecule has 0 aliphatic carbocycles. The van der Waals surface area contributed by atoms with Gasteiger partial charge in [0.15, 0.2) is 0 Å². The lowest BCUT2D eigenvalue weighted by Crippen LogP contribution is -2.48. The first-order valence-corrected chi connectivity index (χ1v) is 23.3. The Bertz CT molecular complexity index is 1480. The van der Waals surface area contributed by atoms with E-state index >= 15 is 0 Å². The van der Waals surface area contributed by atoms with Crippen molar-refractivity contribution in [2.45, 2.75) is 104 Å². The summed E-state index contributed by atoms with van der Waals surface area (Å²) in [6.07, 6.45) is 4.08. The number of carbonyl (C=O) groups excluding carboxylic acids is 5. The molecule has 0 saturated carbocycles. The Hall–Kier alpha value is -4.51. The van der Waals surface area contributed by atoms with Gasteiger partial charge in [-0.2, -0.15) is 0 Å². The SMILES string of the molecule is CCOc1cc(OC)c(CN(CCOCCOCCNC(=O)OC(C)(C)C)C(=O)C(CCCCNC(C)=O)NC(C)=O)c(OC)c1.CNCCCCC(NC)C(=O)NCCOCCOCCN. The van der Waals surface area contributed by atoms with Gasteiger partial charge in [0.25, 0.3) is 0 Å². The standard InChI is InChI=1S/C32H54N4O10.C14H32N4O3/c1-9-45-25-20-28(41-7)26(29(21-25)42-8)22-36(30(39)27(35-24(3)38)12-10-11-13-33-23(2)37)15-17-44-19-18-43-16-14-34-31(40)46-32(4,5)6;1-16-7-4-3-5-13(17-2)14(19)18-8-10-21-12-11-20-9-6-15/h20-21,27H,9-19,22H2,1-8H3,(H,33,37)(H,34,40)(H,35,38);13,16-17H,3-12,15H2,1-2H3,(H,18,19). The normalized spacial score (nSPS) is 11.9. The zero-order chi connectivity index (χ0) is 50.3. The molecule has 21 heteroatoms. The van der Waals surface area contributed by atoms with Crippen LogP contribution in [0, 0.1) is 0 Å². The van der Waals surface area contributed by atoms with Crippen LogP contribution < -0.4 is 51.8 Å². The van der Waals surface area contributed by atoms with E-state index in [0.717, 1.165) is 25.8 Å². The van der Waals surface area contributed by atoms with Gasteiger partial charge in [0.05, 0.1) is 91.8 Å². The number of likely N-dealkylation sites (N-methyl/N-ethyl adjacent to an activating group) is 1. The monoisotopic (exact) mass is 959 g/mol. The van der Waals surface area contributed by atoms with E-state index in [1.807, 2.05) is 21.0 Å². The first-order valence-electron chi connectivity index (χ1n) is 23.3. The van der Waals surface area contributed by atoms with Gasteiger partial charge in [-0.3, -0.25) is 19.2 Å². The van der Waals surface area contributed by atoms with Crippen LogP contribution in [-0.4, -0.2) is 179 Å². The second-order valence-corrected chi connectivity index (χ2v) is 16.1. The number of methoxy groups -OCH3 is 2. The number of unbranched alkanes of at least 4 members (excludes halogenated alkanes) is 2. The largest absolute Gasteiger partial charge is 0.496 e. The fourth-order valence-corrected chi connectivity index (χ4v) is 6.15. The Morgan fingerprint density at radius 2 is 1.24 bits per heavy atom. The van der Waals surface area contributed by atoms with Gasteiger partial charge in [-0.15, -0.1) is 0 Å². The van der Waals surface area contributed by atoms with Crippen molar-refractivity contribution in [3.63, 3.8) is 0 Å². The van der Waals surface area contributed by atoms with Crippen molar-refractivity contribution in [1.29, 1.82) is 0 Å². The number of benzene rings is 1. The average molecular weight is 959 g/mol. The molecule has 67 heavy (non-hydrogen) atoms. The molecule has 1 rings (SSSR count). The van der Waals surface area contributed by atoms with Crippen LogP contribution >= 0.6 is 0 Å². The van der Waals surface area contributed by atoms with Gasteiger partial charge in [0.2, 0.25) is 23.6 Å². The Balaban J connectivity index is 0.00000173. The molecule has 0 heterocycles. The number of nitrogens with one attached hydrogen (secondary N) is 6. The van der Waals surface area contributed by atoms with Crippen molar-refractivity contribution < 1.29 is 61.9 Å². The van der Waals surface area contributed by atoms with Gasteiger partial charge in [0.1, 0.15) is 28.9 Å². The van der Waals surface area contributed by atoms with Crippen molar-refractivity contribution in [3.8, 4) is 17.2 Å². The van der Waals surface area contributed by atoms with Crippen molar-refractivity contribution in [1.82, 2.24) is 36.8 Å². The lowest BCUT2D eigenvalue weighted by Gasteiger charge is -2.29. The zero-order valence-corrected chi connectivity index (χ0v) is 42.2. The van der Waals surface area contributed by atoms with E-state index in [1.165, 1.54) is 28.1 Å². The third kappa shape index (κ3) is 32.8. The summed E-state index contributed by atoms with van der Waals surface area (Å²) in [7, 11) is 6.81. The maximum atomic E-state index is 13.9. The van der Waals surface area contributed by atoms with Gasteiger partial charge in [-0.1, -0.05) is 6.42 Å². The van der Waals surface area contributed by atoms with Crippen LogP contribution in [0.3, 0.4) is 0 Å². The van der Waals surface area contributed by atoms with Crippen LogP contribution in [0.5, 0.6) is 17.2 Å². The van der Waals surface area contributed by atoms with Gasteiger partial charge < -0.3 is 80.4 Å². The summed E-state index contributed by atoms with van der Waals surface area (Å²) in [5, 5.41) is 17.2. The lowest BCUT2D eigenvalue weighted by molar-refractivity contribution is -0.137. The molecular weight excluding hydrogens is 873 g/mol. The number of nitrogens with two attached hydrogens (primary N) is 1. The smallest absolute Gasteiger partial charge is 0.407 e. The van der Waals surface area contributed by atoms with Gasteiger partial charge in [-0.05, 0) is 80.4 Å². The molecule has 5 amide bonds. The van der Waals surface area contributed by atoms with Crippen LogP contribution in [0.15, 0.2) is 12.1 Å². The summed E-state index contributed by atoms with van der Waals surface area (Å²) < 4.78 is 43.9. The summed E-state index contributed by atoms with van der Waals surface area (Å²) in [5.74, 6) is 0.832. The minimum atomic E-state index is -0.782. The number of hydrogen-bond acceptors (Lipinski definition) is 16. The van der Waals surface area contributed by atoms with Crippen LogP contribution in [0.25, 0.3) is 0 Å². The van der Waals surface area contributed by atoms with E-state index in [4.69, 9.17) is 43.6 Å². The number of ether oxygens (including phenoxy) is 8. The quantitative estimate of drug-likeness (QED) is 0.0470. The molecule has 0 fully saturated rings. The Morgan fingerprint density at radius 1 is 0.687 bits per heavy atom. The number of nitrogens with zero attached hydrogens (tertiary/aromatic N) is 1. The Morgan fingerprint density at radius 3 is 1.75 bits per heavy atom. The average Bonchev–Trinajstić information content (AvgIpc) is 3.27. The summed E-state index contributed by atoms with van der Waals surface area (Å²) in [6.45, 7) is 16.8. The minimum Gasteiger partial charge on any atom is -0.496 e. The molecule has 21 nitrogen and oxygen atoms in total. The van der Waals surface area contributed by atoms with Gasteiger partial charge in [-0.25, -0.2) is 4.79 Å². The second-order valence-electron chi connectivity index (χ2n) is 16.1. The molecule has 1 aromatic rings. The van der Waals surface area contributed by atoms with Crippen LogP contribution in [0.1, 0.15) is 85.6 Å². The highest BCUT2D eigenvalue weighted by atomic mass is 16.6. The Kier molecular flexibility index (Phi) is 36.8. The summed E-state index contributed by atoms with van der Waals surface area (Å²) in [5.41, 5.74) is 5.35. The molecule has 2 atom stereocenters. The molecule has 388 valence electrons. The third-order valence-electron chi connectivity index (χ3n) is 9.33. The van der Waals surface area contributed by atoms with E-state index in [2.05, 4.69) is 31.9 Å². The highest BCUT2D eigenvalue weighted by Gasteiger charge is 2.27. The molecule has 0 aromatic heterocycles. The minimum absolute atomic E-state index is 0.0324. The highest BCUT2D eigenvalue weighted by molar-refractivity contribution is 5.87. The molecule has 1 aromatic carbocycles. The van der Waals surface area contributed by atoms with Crippen molar-refractivity contribution >= 4 is 29.7 Å². The van der Waals surface area contributed by atoms with Crippen LogP contribution in [0.2, 0.25) is 0 Å². The summed E-state index contributed by atoms with van der Waals surface area (Å²) in [6, 6.07) is 2.57.